The molecule has 1 atom stereocenters. The first-order valence-electron chi connectivity index (χ1n) is 6.04. The predicted molar refractivity (Wildman–Crippen MR) is 76.2 cm³/mol. The van der Waals surface area contributed by atoms with Crippen molar-refractivity contribution >= 4 is 23.1 Å². The summed E-state index contributed by atoms with van der Waals surface area (Å²) in [5.41, 5.74) is 7.84. The number of hydrogen-bond acceptors (Lipinski definition) is 4. The Morgan fingerprint density at radius 1 is 1.47 bits per heavy atom. The van der Waals surface area contributed by atoms with Gasteiger partial charge in [-0.3, -0.25) is 0 Å². The molecule has 2 N–H and O–H groups in total. The molecule has 1 heterocycles. The fourth-order valence-corrected chi connectivity index (χ4v) is 3.37. The number of anilines is 2. The quantitative estimate of drug-likeness (QED) is 0.836. The summed E-state index contributed by atoms with van der Waals surface area (Å²) in [6.45, 7) is 2.66. The van der Waals surface area contributed by atoms with E-state index in [1.54, 1.807) is 0 Å². The molecule has 1 unspecified atom stereocenters. The molecule has 17 heavy (non-hydrogen) atoms. The van der Waals surface area contributed by atoms with Gasteiger partial charge in [0.1, 0.15) is 5.75 Å². The standard InChI is InChI=1S/C13H20N2OS/c1-3-16-13-7-10(14)6-12(8-13)15(2)11-4-5-17-9-11/h6-8,11H,3-5,9,14H2,1-2H3. The maximum absolute atomic E-state index is 5.91. The molecule has 0 spiro atoms. The Morgan fingerprint density at radius 2 is 2.29 bits per heavy atom. The summed E-state index contributed by atoms with van der Waals surface area (Å²) in [7, 11) is 2.14. The zero-order valence-corrected chi connectivity index (χ0v) is 11.3. The maximum Gasteiger partial charge on any atom is 0.123 e. The normalized spacial score (nSPS) is 19.3. The molecule has 0 aliphatic carbocycles. The number of nitrogens with zero attached hydrogens (tertiary/aromatic N) is 1. The number of nitrogens with two attached hydrogens (primary N) is 1. The molecule has 1 fully saturated rings. The Kier molecular flexibility index (Phi) is 4.05. The minimum Gasteiger partial charge on any atom is -0.494 e. The van der Waals surface area contributed by atoms with E-state index >= 15 is 0 Å². The summed E-state index contributed by atoms with van der Waals surface area (Å²) >= 11 is 2.02. The van der Waals surface area contributed by atoms with E-state index in [0.717, 1.165) is 17.1 Å². The molecule has 1 aromatic rings. The van der Waals surface area contributed by atoms with Crippen molar-refractivity contribution in [3.63, 3.8) is 0 Å². The van der Waals surface area contributed by atoms with Crippen molar-refractivity contribution in [2.24, 2.45) is 0 Å². The Balaban J connectivity index is 2.18. The summed E-state index contributed by atoms with van der Waals surface area (Å²) in [6, 6.07) is 6.59. The summed E-state index contributed by atoms with van der Waals surface area (Å²) < 4.78 is 5.53. The van der Waals surface area contributed by atoms with Gasteiger partial charge < -0.3 is 15.4 Å². The van der Waals surface area contributed by atoms with E-state index in [-0.39, 0.29) is 0 Å². The second-order valence-corrected chi connectivity index (χ2v) is 5.47. The fraction of sp³-hybridized carbons (Fsp3) is 0.538. The van der Waals surface area contributed by atoms with E-state index in [1.165, 1.54) is 17.9 Å². The first-order valence-corrected chi connectivity index (χ1v) is 7.20. The van der Waals surface area contributed by atoms with Gasteiger partial charge >= 0.3 is 0 Å². The lowest BCUT2D eigenvalue weighted by Crippen LogP contribution is -2.31. The van der Waals surface area contributed by atoms with Crippen molar-refractivity contribution in [2.75, 3.05) is 35.8 Å². The third-order valence-electron chi connectivity index (χ3n) is 3.09. The summed E-state index contributed by atoms with van der Waals surface area (Å²) in [5.74, 6) is 3.32. The van der Waals surface area contributed by atoms with Crippen LogP contribution < -0.4 is 15.4 Å². The molecule has 0 bridgehead atoms. The molecule has 94 valence electrons. The van der Waals surface area contributed by atoms with E-state index < -0.39 is 0 Å². The van der Waals surface area contributed by atoms with Gasteiger partial charge in [0.25, 0.3) is 0 Å². The van der Waals surface area contributed by atoms with Crippen LogP contribution in [0.25, 0.3) is 0 Å². The van der Waals surface area contributed by atoms with Gasteiger partial charge in [0.15, 0.2) is 0 Å². The Morgan fingerprint density at radius 3 is 2.94 bits per heavy atom. The van der Waals surface area contributed by atoms with E-state index in [0.29, 0.717) is 12.6 Å². The van der Waals surface area contributed by atoms with E-state index in [4.69, 9.17) is 10.5 Å². The van der Waals surface area contributed by atoms with Gasteiger partial charge in [0.2, 0.25) is 0 Å². The summed E-state index contributed by atoms with van der Waals surface area (Å²) in [4.78, 5) is 2.32. The predicted octanol–water partition coefficient (Wildman–Crippen LogP) is 2.61. The SMILES string of the molecule is CCOc1cc(N)cc(N(C)C2CCSC2)c1. The van der Waals surface area contributed by atoms with Crippen molar-refractivity contribution in [2.45, 2.75) is 19.4 Å². The van der Waals surface area contributed by atoms with Gasteiger partial charge in [-0.05, 0) is 25.2 Å². The van der Waals surface area contributed by atoms with Crippen LogP contribution in [-0.2, 0) is 0 Å². The first kappa shape index (κ1) is 12.4. The second kappa shape index (κ2) is 5.54. The van der Waals surface area contributed by atoms with Crippen LogP contribution in [-0.4, -0.2) is 31.2 Å². The van der Waals surface area contributed by atoms with Gasteiger partial charge in [-0.25, -0.2) is 0 Å². The highest BCUT2D eigenvalue weighted by atomic mass is 32.2. The van der Waals surface area contributed by atoms with Crippen molar-refractivity contribution in [3.8, 4) is 5.75 Å². The largest absolute Gasteiger partial charge is 0.494 e. The number of rotatable bonds is 4. The Bertz CT molecular complexity index is 378. The molecule has 0 saturated carbocycles. The molecule has 4 heteroatoms. The molecule has 2 rings (SSSR count). The number of benzene rings is 1. The highest BCUT2D eigenvalue weighted by Crippen LogP contribution is 2.30. The monoisotopic (exact) mass is 252 g/mol. The highest BCUT2D eigenvalue weighted by molar-refractivity contribution is 7.99. The first-order chi connectivity index (χ1) is 8.20. The molecule has 3 nitrogen and oxygen atoms in total. The van der Waals surface area contributed by atoms with Crippen molar-refractivity contribution < 1.29 is 4.74 Å². The van der Waals surface area contributed by atoms with E-state index in [1.807, 2.05) is 30.8 Å². The average Bonchev–Trinajstić information content (AvgIpc) is 2.81. The van der Waals surface area contributed by atoms with Gasteiger partial charge in [0.05, 0.1) is 6.61 Å². The molecular weight excluding hydrogens is 232 g/mol. The van der Waals surface area contributed by atoms with Crippen LogP contribution in [0.1, 0.15) is 13.3 Å². The molecule has 0 radical (unpaired) electrons. The van der Waals surface area contributed by atoms with Gasteiger partial charge in [-0.1, -0.05) is 0 Å². The summed E-state index contributed by atoms with van der Waals surface area (Å²) in [6.07, 6.45) is 1.25. The number of hydrogen-bond donors (Lipinski definition) is 1. The van der Waals surface area contributed by atoms with Crippen LogP contribution >= 0.6 is 11.8 Å². The third kappa shape index (κ3) is 3.00. The van der Waals surface area contributed by atoms with E-state index in [2.05, 4.69) is 18.0 Å². The Hall–Kier alpha value is -1.03. The molecule has 1 aromatic carbocycles. The van der Waals surface area contributed by atoms with Crippen LogP contribution in [0, 0.1) is 0 Å². The molecule has 0 aromatic heterocycles. The number of ether oxygens (including phenoxy) is 1. The molecule has 0 amide bonds. The van der Waals surface area contributed by atoms with Gasteiger partial charge in [-0.2, -0.15) is 11.8 Å². The second-order valence-electron chi connectivity index (χ2n) is 4.32. The Labute approximate surface area is 107 Å². The lowest BCUT2D eigenvalue weighted by Gasteiger charge is -2.26. The molecule has 1 aliphatic rings. The lowest BCUT2D eigenvalue weighted by molar-refractivity contribution is 0.340. The summed E-state index contributed by atoms with van der Waals surface area (Å²) in [5, 5.41) is 0. The van der Waals surface area contributed by atoms with Gasteiger partial charge in [0, 0.05) is 42.3 Å². The van der Waals surface area contributed by atoms with Crippen LogP contribution in [0.2, 0.25) is 0 Å². The van der Waals surface area contributed by atoms with Crippen LogP contribution in [0.5, 0.6) is 5.75 Å². The molecular formula is C13H20N2OS. The van der Waals surface area contributed by atoms with Crippen molar-refractivity contribution in [1.82, 2.24) is 0 Å². The van der Waals surface area contributed by atoms with Crippen molar-refractivity contribution in [3.05, 3.63) is 18.2 Å². The third-order valence-corrected chi connectivity index (χ3v) is 4.23. The smallest absolute Gasteiger partial charge is 0.123 e. The van der Waals surface area contributed by atoms with Crippen LogP contribution in [0.4, 0.5) is 11.4 Å². The minimum absolute atomic E-state index is 0.622. The van der Waals surface area contributed by atoms with Crippen LogP contribution in [0.3, 0.4) is 0 Å². The number of thioether (sulfide) groups is 1. The molecule has 1 aliphatic heterocycles. The van der Waals surface area contributed by atoms with Gasteiger partial charge in [-0.15, -0.1) is 0 Å². The highest BCUT2D eigenvalue weighted by Gasteiger charge is 2.20. The molecule has 1 saturated heterocycles. The fourth-order valence-electron chi connectivity index (χ4n) is 2.10. The zero-order chi connectivity index (χ0) is 12.3. The zero-order valence-electron chi connectivity index (χ0n) is 10.5. The van der Waals surface area contributed by atoms with Crippen LogP contribution in [0.15, 0.2) is 18.2 Å². The average molecular weight is 252 g/mol. The lowest BCUT2D eigenvalue weighted by atomic mass is 10.2. The number of nitrogen functional groups attached to an aromatic ring is 1. The van der Waals surface area contributed by atoms with E-state index in [9.17, 15) is 0 Å². The maximum atomic E-state index is 5.91. The van der Waals surface area contributed by atoms with Crippen molar-refractivity contribution in [1.29, 1.82) is 0 Å². The topological polar surface area (TPSA) is 38.5 Å². The minimum atomic E-state index is 0.622.